The number of benzene rings is 2. The molecule has 3 aromatic rings. The fraction of sp³-hybridized carbons (Fsp3) is 0.190. The lowest BCUT2D eigenvalue weighted by atomic mass is 10.1. The molecule has 3 rings (SSSR count). The predicted octanol–water partition coefficient (Wildman–Crippen LogP) is 3.93. The van der Waals surface area contributed by atoms with Crippen LogP contribution in [0.15, 0.2) is 66.3 Å². The van der Waals surface area contributed by atoms with E-state index in [9.17, 15) is 9.18 Å². The zero-order chi connectivity index (χ0) is 20.6. The molecule has 2 aromatic carbocycles. The molecule has 0 saturated carbocycles. The third-order valence-electron chi connectivity index (χ3n) is 4.09. The van der Waals surface area contributed by atoms with Crippen molar-refractivity contribution in [2.75, 3.05) is 18.2 Å². The molecule has 1 heterocycles. The second-order valence-electron chi connectivity index (χ2n) is 6.17. The normalized spacial score (nSPS) is 10.6. The monoisotopic (exact) mass is 412 g/mol. The number of hydrogen-bond donors (Lipinski definition) is 1. The summed E-state index contributed by atoms with van der Waals surface area (Å²) in [5.41, 5.74) is 1.62. The molecule has 0 unspecified atom stereocenters. The van der Waals surface area contributed by atoms with Crippen molar-refractivity contribution in [3.05, 3.63) is 78.4 Å². The number of carbonyl (C=O) groups is 1. The van der Waals surface area contributed by atoms with Crippen LogP contribution in [0.4, 0.5) is 10.1 Å². The van der Waals surface area contributed by atoms with Crippen LogP contribution in [-0.2, 0) is 17.8 Å². The maximum absolute atomic E-state index is 13.0. The third-order valence-corrected chi connectivity index (χ3v) is 5.05. The van der Waals surface area contributed by atoms with E-state index in [0.29, 0.717) is 23.8 Å². The molecule has 0 atom stereocenters. The Morgan fingerprint density at radius 2 is 1.93 bits per heavy atom. The summed E-state index contributed by atoms with van der Waals surface area (Å²) in [6.07, 6.45) is 2.37. The Balaban J connectivity index is 1.64. The van der Waals surface area contributed by atoms with E-state index >= 15 is 0 Å². The van der Waals surface area contributed by atoms with Gasteiger partial charge in [0, 0.05) is 18.7 Å². The topological polar surface area (TPSA) is 69.0 Å². The van der Waals surface area contributed by atoms with E-state index < -0.39 is 0 Å². The Labute approximate surface area is 172 Å². The number of rotatable bonds is 9. The fourth-order valence-corrected chi connectivity index (χ4v) is 3.42. The van der Waals surface area contributed by atoms with E-state index in [1.807, 2.05) is 28.8 Å². The summed E-state index contributed by atoms with van der Waals surface area (Å²) in [4.78, 5) is 12.2. The van der Waals surface area contributed by atoms with Gasteiger partial charge in [0.15, 0.2) is 5.16 Å². The van der Waals surface area contributed by atoms with E-state index in [4.69, 9.17) is 4.74 Å². The summed E-state index contributed by atoms with van der Waals surface area (Å²) in [5, 5.41) is 11.9. The summed E-state index contributed by atoms with van der Waals surface area (Å²) >= 11 is 1.29. The molecule has 0 saturated heterocycles. The Kier molecular flexibility index (Phi) is 7.02. The van der Waals surface area contributed by atoms with Crippen molar-refractivity contribution in [2.45, 2.75) is 18.1 Å². The molecule has 0 aliphatic carbocycles. The molecule has 0 bridgehead atoms. The first-order chi connectivity index (χ1) is 14.1. The summed E-state index contributed by atoms with van der Waals surface area (Å²) in [6, 6.07) is 13.4. The molecule has 0 radical (unpaired) electrons. The van der Waals surface area contributed by atoms with Crippen molar-refractivity contribution in [1.82, 2.24) is 14.8 Å². The number of anilines is 1. The highest BCUT2D eigenvalue weighted by atomic mass is 32.2. The van der Waals surface area contributed by atoms with Gasteiger partial charge in [-0.05, 0) is 42.0 Å². The molecule has 6 nitrogen and oxygen atoms in total. The lowest BCUT2D eigenvalue weighted by molar-refractivity contribution is -0.113. The van der Waals surface area contributed by atoms with Gasteiger partial charge in [-0.25, -0.2) is 4.39 Å². The van der Waals surface area contributed by atoms with Crippen LogP contribution in [0.3, 0.4) is 0 Å². The first kappa shape index (κ1) is 20.6. The van der Waals surface area contributed by atoms with E-state index in [1.165, 1.54) is 36.0 Å². The van der Waals surface area contributed by atoms with Crippen LogP contribution >= 0.6 is 11.8 Å². The third kappa shape index (κ3) is 5.68. The quantitative estimate of drug-likeness (QED) is 0.426. The number of ether oxygens (including phenoxy) is 1. The van der Waals surface area contributed by atoms with Crippen LogP contribution < -0.4 is 10.1 Å². The number of amides is 1. The van der Waals surface area contributed by atoms with Crippen molar-refractivity contribution in [2.24, 2.45) is 0 Å². The van der Waals surface area contributed by atoms with Crippen molar-refractivity contribution < 1.29 is 13.9 Å². The van der Waals surface area contributed by atoms with Gasteiger partial charge in [-0.2, -0.15) is 0 Å². The van der Waals surface area contributed by atoms with E-state index in [-0.39, 0.29) is 17.5 Å². The van der Waals surface area contributed by atoms with Gasteiger partial charge in [0.25, 0.3) is 0 Å². The fourth-order valence-electron chi connectivity index (χ4n) is 2.66. The van der Waals surface area contributed by atoms with Crippen molar-refractivity contribution in [1.29, 1.82) is 0 Å². The minimum Gasteiger partial charge on any atom is -0.497 e. The van der Waals surface area contributed by atoms with Crippen LogP contribution in [0.5, 0.6) is 5.75 Å². The number of carbonyl (C=O) groups excluding carboxylic acids is 1. The van der Waals surface area contributed by atoms with Gasteiger partial charge >= 0.3 is 0 Å². The van der Waals surface area contributed by atoms with Gasteiger partial charge in [0.05, 0.1) is 12.9 Å². The highest BCUT2D eigenvalue weighted by Gasteiger charge is 2.14. The van der Waals surface area contributed by atoms with Gasteiger partial charge in [-0.3, -0.25) is 4.79 Å². The zero-order valence-electron chi connectivity index (χ0n) is 16.0. The molecule has 0 aliphatic heterocycles. The molecule has 1 aromatic heterocycles. The summed E-state index contributed by atoms with van der Waals surface area (Å²) in [6.45, 7) is 4.34. The Hall–Kier alpha value is -3.13. The molecular formula is C21H21FN4O2S. The minimum absolute atomic E-state index is 0.162. The Morgan fingerprint density at radius 1 is 1.21 bits per heavy atom. The molecule has 0 spiro atoms. The molecule has 0 aliphatic rings. The van der Waals surface area contributed by atoms with Crippen molar-refractivity contribution in [3.8, 4) is 5.75 Å². The SMILES string of the molecule is C=CCn1c(Cc2ccc(OC)cc2)nnc1SCC(=O)Nc1ccc(F)cc1. The van der Waals surface area contributed by atoms with Crippen LogP contribution in [0.25, 0.3) is 0 Å². The van der Waals surface area contributed by atoms with Gasteiger partial charge < -0.3 is 14.6 Å². The minimum atomic E-state index is -0.348. The maximum Gasteiger partial charge on any atom is 0.234 e. The van der Waals surface area contributed by atoms with Crippen LogP contribution in [0.1, 0.15) is 11.4 Å². The standard InChI is InChI=1S/C21H21FN4O2S/c1-3-12-26-19(13-15-4-10-18(28-2)11-5-15)24-25-21(26)29-14-20(27)23-17-8-6-16(22)7-9-17/h3-11H,1,12-14H2,2H3,(H,23,27). The number of allylic oxidation sites excluding steroid dienone is 1. The predicted molar refractivity (Wildman–Crippen MR) is 112 cm³/mol. The molecule has 29 heavy (non-hydrogen) atoms. The van der Waals surface area contributed by atoms with Gasteiger partial charge in [0.1, 0.15) is 17.4 Å². The number of hydrogen-bond acceptors (Lipinski definition) is 5. The van der Waals surface area contributed by atoms with E-state index in [1.54, 1.807) is 13.2 Å². The molecule has 1 amide bonds. The molecule has 1 N–H and O–H groups in total. The lowest BCUT2D eigenvalue weighted by Crippen LogP contribution is -2.14. The molecular weight excluding hydrogens is 391 g/mol. The first-order valence-electron chi connectivity index (χ1n) is 8.93. The number of nitrogens with one attached hydrogen (secondary N) is 1. The van der Waals surface area contributed by atoms with Gasteiger partial charge in [-0.1, -0.05) is 30.0 Å². The maximum atomic E-state index is 13.0. The average Bonchev–Trinajstić information content (AvgIpc) is 3.10. The van der Waals surface area contributed by atoms with E-state index in [2.05, 4.69) is 22.1 Å². The summed E-state index contributed by atoms with van der Waals surface area (Å²) in [7, 11) is 1.63. The second kappa shape index (κ2) is 9.88. The first-order valence-corrected chi connectivity index (χ1v) is 9.91. The Morgan fingerprint density at radius 3 is 2.59 bits per heavy atom. The summed E-state index contributed by atoms with van der Waals surface area (Å²) in [5.74, 6) is 1.20. The highest BCUT2D eigenvalue weighted by Crippen LogP contribution is 2.20. The van der Waals surface area contributed by atoms with Crippen LogP contribution in [0.2, 0.25) is 0 Å². The smallest absolute Gasteiger partial charge is 0.234 e. The number of nitrogens with zero attached hydrogens (tertiary/aromatic N) is 3. The van der Waals surface area contributed by atoms with E-state index in [0.717, 1.165) is 17.1 Å². The summed E-state index contributed by atoms with van der Waals surface area (Å²) < 4.78 is 20.1. The average molecular weight is 412 g/mol. The number of thioether (sulfide) groups is 1. The number of methoxy groups -OCH3 is 1. The highest BCUT2D eigenvalue weighted by molar-refractivity contribution is 7.99. The Bertz CT molecular complexity index is 971. The van der Waals surface area contributed by atoms with Crippen LogP contribution in [0, 0.1) is 5.82 Å². The molecule has 150 valence electrons. The number of halogens is 1. The van der Waals surface area contributed by atoms with Gasteiger partial charge in [-0.15, -0.1) is 16.8 Å². The lowest BCUT2D eigenvalue weighted by Gasteiger charge is -2.09. The zero-order valence-corrected chi connectivity index (χ0v) is 16.8. The van der Waals surface area contributed by atoms with Crippen molar-refractivity contribution >= 4 is 23.4 Å². The molecule has 8 heteroatoms. The van der Waals surface area contributed by atoms with Gasteiger partial charge in [0.2, 0.25) is 5.91 Å². The molecule has 0 fully saturated rings. The number of aromatic nitrogens is 3. The van der Waals surface area contributed by atoms with Crippen LogP contribution in [-0.4, -0.2) is 33.5 Å². The largest absolute Gasteiger partial charge is 0.497 e. The second-order valence-corrected chi connectivity index (χ2v) is 7.11. The van der Waals surface area contributed by atoms with Crippen molar-refractivity contribution in [3.63, 3.8) is 0 Å².